The predicted octanol–water partition coefficient (Wildman–Crippen LogP) is 0.596. The highest BCUT2D eigenvalue weighted by atomic mass is 16.5. The summed E-state index contributed by atoms with van der Waals surface area (Å²) in [5.41, 5.74) is 2.21. The van der Waals surface area contributed by atoms with Gasteiger partial charge in [-0.15, -0.1) is 0 Å². The smallest absolute Gasteiger partial charge is 0.277 e. The average Bonchev–Trinajstić information content (AvgIpc) is 2.66. The Morgan fingerprint density at radius 3 is 2.46 bits per heavy atom. The van der Waals surface area contributed by atoms with Crippen LogP contribution in [0.3, 0.4) is 0 Å². The number of amides is 1. The summed E-state index contributed by atoms with van der Waals surface area (Å²) < 4.78 is 15.4. The van der Waals surface area contributed by atoms with E-state index < -0.39 is 11.9 Å². The van der Waals surface area contributed by atoms with Crippen molar-refractivity contribution in [3.63, 3.8) is 0 Å². The zero-order valence-electron chi connectivity index (χ0n) is 14.2. The molecule has 0 aromatic heterocycles. The lowest BCUT2D eigenvalue weighted by Crippen LogP contribution is -2.26. The highest BCUT2D eigenvalue weighted by Gasteiger charge is 2.15. The first kappa shape index (κ1) is 18.8. The summed E-state index contributed by atoms with van der Waals surface area (Å²) in [5, 5.41) is 15.1. The third-order valence-electron chi connectivity index (χ3n) is 3.29. The molecule has 136 valence electrons. The summed E-state index contributed by atoms with van der Waals surface area (Å²) in [6, 6.07) is 11.8. The third-order valence-corrected chi connectivity index (χ3v) is 3.29. The van der Waals surface area contributed by atoms with Gasteiger partial charge in [-0.1, -0.05) is 18.2 Å². The van der Waals surface area contributed by atoms with E-state index >= 15 is 0 Å². The second kappa shape index (κ2) is 9.07. The van der Waals surface area contributed by atoms with E-state index in [1.54, 1.807) is 24.3 Å². The van der Waals surface area contributed by atoms with E-state index in [0.717, 1.165) is 0 Å². The van der Waals surface area contributed by atoms with Crippen LogP contribution in [-0.4, -0.2) is 38.9 Å². The molecule has 8 heteroatoms. The molecule has 0 fully saturated rings. The summed E-state index contributed by atoms with van der Waals surface area (Å²) in [6.07, 6.45) is 1.17. The van der Waals surface area contributed by atoms with Crippen LogP contribution in [0.2, 0.25) is 0 Å². The standard InChI is InChI=1S/C18H18N2O6/c1-24-14-9-8-12(16(18(22)23)17(14)25-2)10-19-20-15(21)11-26-13-6-4-3-5-7-13/h3-10H,11H2,1-2H3,(H,20,21)(H,22,23)/p-1/b19-10+. The van der Waals surface area contributed by atoms with Crippen LogP contribution in [0, 0.1) is 0 Å². The zero-order chi connectivity index (χ0) is 18.9. The van der Waals surface area contributed by atoms with Crippen molar-refractivity contribution < 1.29 is 28.9 Å². The van der Waals surface area contributed by atoms with Crippen LogP contribution in [0.4, 0.5) is 0 Å². The van der Waals surface area contributed by atoms with Crippen LogP contribution in [0.25, 0.3) is 0 Å². The van der Waals surface area contributed by atoms with Crippen molar-refractivity contribution >= 4 is 18.1 Å². The topological polar surface area (TPSA) is 109 Å². The Kier molecular flexibility index (Phi) is 6.55. The third kappa shape index (κ3) is 4.73. The fraction of sp³-hybridized carbons (Fsp3) is 0.167. The molecule has 0 saturated carbocycles. The molecule has 0 unspecified atom stereocenters. The van der Waals surface area contributed by atoms with Crippen LogP contribution in [0.15, 0.2) is 47.6 Å². The number of nitrogens with zero attached hydrogens (tertiary/aromatic N) is 1. The number of carboxylic acids is 1. The Balaban J connectivity index is 2.05. The largest absolute Gasteiger partial charge is 0.545 e. The molecule has 8 nitrogen and oxygen atoms in total. The van der Waals surface area contributed by atoms with Gasteiger partial charge in [0.15, 0.2) is 18.1 Å². The summed E-state index contributed by atoms with van der Waals surface area (Å²) >= 11 is 0. The Labute approximate surface area is 150 Å². The minimum atomic E-state index is -1.46. The molecule has 0 aliphatic rings. The summed E-state index contributed by atoms with van der Waals surface area (Å²) in [6.45, 7) is -0.235. The molecule has 0 aliphatic carbocycles. The molecule has 0 bridgehead atoms. The van der Waals surface area contributed by atoms with Crippen molar-refractivity contribution in [3.8, 4) is 17.2 Å². The Hall–Kier alpha value is -3.55. The van der Waals surface area contributed by atoms with Gasteiger partial charge in [-0.25, -0.2) is 5.43 Å². The quantitative estimate of drug-likeness (QED) is 0.547. The van der Waals surface area contributed by atoms with E-state index in [4.69, 9.17) is 14.2 Å². The summed E-state index contributed by atoms with van der Waals surface area (Å²) in [5.74, 6) is -1.16. The number of rotatable bonds is 8. The monoisotopic (exact) mass is 357 g/mol. The van der Waals surface area contributed by atoms with Gasteiger partial charge >= 0.3 is 0 Å². The number of hydrogen-bond donors (Lipinski definition) is 1. The average molecular weight is 357 g/mol. The van der Waals surface area contributed by atoms with E-state index in [-0.39, 0.29) is 29.2 Å². The molecule has 0 atom stereocenters. The first-order valence-electron chi connectivity index (χ1n) is 7.53. The first-order chi connectivity index (χ1) is 12.6. The van der Waals surface area contributed by atoms with Crippen molar-refractivity contribution in [2.75, 3.05) is 20.8 Å². The molecule has 2 rings (SSSR count). The van der Waals surface area contributed by atoms with Crippen LogP contribution >= 0.6 is 0 Å². The van der Waals surface area contributed by atoms with Crippen molar-refractivity contribution in [1.82, 2.24) is 5.43 Å². The maximum absolute atomic E-state index is 11.7. The van der Waals surface area contributed by atoms with Crippen molar-refractivity contribution in [2.45, 2.75) is 0 Å². The van der Waals surface area contributed by atoms with Gasteiger partial charge in [0, 0.05) is 5.56 Å². The molecule has 1 N–H and O–H groups in total. The predicted molar refractivity (Wildman–Crippen MR) is 91.6 cm³/mol. The number of hydrogen-bond acceptors (Lipinski definition) is 7. The summed E-state index contributed by atoms with van der Waals surface area (Å²) in [7, 11) is 2.70. The van der Waals surface area contributed by atoms with E-state index in [9.17, 15) is 14.7 Å². The number of para-hydroxylation sites is 1. The second-order valence-corrected chi connectivity index (χ2v) is 4.95. The Bertz CT molecular complexity index is 805. The van der Waals surface area contributed by atoms with Gasteiger partial charge in [0.05, 0.1) is 32.0 Å². The number of carbonyl (C=O) groups is 2. The lowest BCUT2D eigenvalue weighted by molar-refractivity contribution is -0.255. The molecular formula is C18H17N2O6-. The summed E-state index contributed by atoms with van der Waals surface area (Å²) in [4.78, 5) is 23.1. The number of carbonyl (C=O) groups excluding carboxylic acids is 2. The molecule has 0 heterocycles. The van der Waals surface area contributed by atoms with Crippen LogP contribution in [0.1, 0.15) is 15.9 Å². The number of hydrazone groups is 1. The van der Waals surface area contributed by atoms with E-state index in [1.807, 2.05) is 6.07 Å². The lowest BCUT2D eigenvalue weighted by Gasteiger charge is -2.15. The Morgan fingerprint density at radius 1 is 1.12 bits per heavy atom. The van der Waals surface area contributed by atoms with Gasteiger partial charge in [-0.2, -0.15) is 5.10 Å². The maximum atomic E-state index is 11.7. The van der Waals surface area contributed by atoms with Crippen LogP contribution in [0.5, 0.6) is 17.2 Å². The van der Waals surface area contributed by atoms with Gasteiger partial charge in [0.1, 0.15) is 5.75 Å². The number of ether oxygens (including phenoxy) is 3. The number of carboxylic acid groups (broad SMARTS) is 1. The molecule has 0 saturated heterocycles. The van der Waals surface area contributed by atoms with E-state index in [0.29, 0.717) is 5.75 Å². The molecule has 2 aromatic rings. The highest BCUT2D eigenvalue weighted by Crippen LogP contribution is 2.32. The number of methoxy groups -OCH3 is 2. The van der Waals surface area contributed by atoms with Gasteiger partial charge in [0.25, 0.3) is 5.91 Å². The zero-order valence-corrected chi connectivity index (χ0v) is 14.2. The number of benzene rings is 2. The Morgan fingerprint density at radius 2 is 1.85 bits per heavy atom. The van der Waals surface area contributed by atoms with Gasteiger partial charge in [0.2, 0.25) is 0 Å². The molecule has 0 aliphatic heterocycles. The molecule has 0 radical (unpaired) electrons. The van der Waals surface area contributed by atoms with Gasteiger partial charge in [-0.3, -0.25) is 4.79 Å². The fourth-order valence-electron chi connectivity index (χ4n) is 2.13. The van der Waals surface area contributed by atoms with Crippen molar-refractivity contribution in [1.29, 1.82) is 0 Å². The second-order valence-electron chi connectivity index (χ2n) is 4.95. The van der Waals surface area contributed by atoms with Crippen molar-refractivity contribution in [3.05, 3.63) is 53.6 Å². The van der Waals surface area contributed by atoms with Crippen molar-refractivity contribution in [2.24, 2.45) is 5.10 Å². The molecule has 0 spiro atoms. The van der Waals surface area contributed by atoms with Crippen LogP contribution < -0.4 is 24.7 Å². The molecule has 1 amide bonds. The number of aromatic carboxylic acids is 1. The SMILES string of the molecule is COc1ccc(/C=N/NC(=O)COc2ccccc2)c(C(=O)[O-])c1OC. The lowest BCUT2D eigenvalue weighted by atomic mass is 10.1. The minimum absolute atomic E-state index is 0.00943. The van der Waals surface area contributed by atoms with E-state index in [2.05, 4.69) is 10.5 Å². The maximum Gasteiger partial charge on any atom is 0.277 e. The highest BCUT2D eigenvalue weighted by molar-refractivity contribution is 6.01. The normalized spacial score (nSPS) is 10.4. The molecule has 26 heavy (non-hydrogen) atoms. The first-order valence-corrected chi connectivity index (χ1v) is 7.53. The fourth-order valence-corrected chi connectivity index (χ4v) is 2.13. The molecular weight excluding hydrogens is 340 g/mol. The molecule has 2 aromatic carbocycles. The van der Waals surface area contributed by atoms with Crippen LogP contribution in [-0.2, 0) is 4.79 Å². The van der Waals surface area contributed by atoms with Gasteiger partial charge in [-0.05, 0) is 24.3 Å². The number of nitrogens with one attached hydrogen (secondary N) is 1. The van der Waals surface area contributed by atoms with Gasteiger partial charge < -0.3 is 24.1 Å². The minimum Gasteiger partial charge on any atom is -0.545 e. The van der Waals surface area contributed by atoms with E-state index in [1.165, 1.54) is 32.6 Å².